The van der Waals surface area contributed by atoms with Crippen LogP contribution in [0.25, 0.3) is 11.1 Å². The molecule has 0 bridgehead atoms. The number of para-hydroxylation sites is 6. The van der Waals surface area contributed by atoms with E-state index in [0.29, 0.717) is 34.5 Å². The third-order valence-electron chi connectivity index (χ3n) is 8.01. The molecule has 0 radical (unpaired) electrons. The SMILES string of the molecule is Cc1ccccc1OP(=O)(Oc1ccccc1C)Oc1ccccc1C.O=P(Oc1ccccc1)(Oc1ccccc1)Oc1ccccc1-c1ccccc1. The molecular weight excluding hydrogens is 730 g/mol. The molecule has 0 heterocycles. The van der Waals surface area contributed by atoms with Crippen molar-refractivity contribution in [3.05, 3.63) is 205 Å². The molecular formula is C45H40O8P2. The Morgan fingerprint density at radius 1 is 0.309 bits per heavy atom. The molecule has 0 fully saturated rings. The van der Waals surface area contributed by atoms with Gasteiger partial charge in [0.2, 0.25) is 0 Å². The summed E-state index contributed by atoms with van der Waals surface area (Å²) in [6, 6.07) is 56.7. The lowest BCUT2D eigenvalue weighted by atomic mass is 10.1. The first-order valence-corrected chi connectivity index (χ1v) is 20.4. The predicted octanol–water partition coefficient (Wildman–Crippen LogP) is 13.3. The molecule has 7 aromatic rings. The maximum Gasteiger partial charge on any atom is 0.647 e. The van der Waals surface area contributed by atoms with E-state index in [1.807, 2.05) is 136 Å². The molecule has 7 aromatic carbocycles. The van der Waals surface area contributed by atoms with Crippen molar-refractivity contribution in [1.29, 1.82) is 0 Å². The molecule has 0 aromatic heterocycles. The van der Waals surface area contributed by atoms with Crippen LogP contribution in [-0.2, 0) is 9.13 Å². The minimum atomic E-state index is -4.03. The van der Waals surface area contributed by atoms with Crippen LogP contribution in [0.3, 0.4) is 0 Å². The summed E-state index contributed by atoms with van der Waals surface area (Å²) in [5.41, 5.74) is 4.26. The molecule has 0 aliphatic heterocycles. The van der Waals surface area contributed by atoms with Crippen LogP contribution in [0.2, 0.25) is 0 Å². The van der Waals surface area contributed by atoms with Crippen LogP contribution in [0.15, 0.2) is 188 Å². The van der Waals surface area contributed by atoms with Gasteiger partial charge in [-0.1, -0.05) is 140 Å². The third kappa shape index (κ3) is 10.9. The van der Waals surface area contributed by atoms with Crippen LogP contribution in [-0.4, -0.2) is 0 Å². The number of aryl methyl sites for hydroxylation is 3. The molecule has 55 heavy (non-hydrogen) atoms. The molecule has 0 saturated heterocycles. The Kier molecular flexibility index (Phi) is 12.8. The summed E-state index contributed by atoms with van der Waals surface area (Å²) >= 11 is 0. The molecule has 8 nitrogen and oxygen atoms in total. The minimum absolute atomic E-state index is 0.393. The van der Waals surface area contributed by atoms with E-state index < -0.39 is 15.6 Å². The van der Waals surface area contributed by atoms with Crippen LogP contribution in [0, 0.1) is 20.8 Å². The molecule has 0 spiro atoms. The Hall–Kier alpha value is -6.20. The maximum atomic E-state index is 13.6. The van der Waals surface area contributed by atoms with E-state index in [1.165, 1.54) is 0 Å². The Balaban J connectivity index is 0.000000188. The number of phosphoric acid groups is 2. The molecule has 0 aliphatic rings. The number of hydrogen-bond acceptors (Lipinski definition) is 8. The summed E-state index contributed by atoms with van der Waals surface area (Å²) in [4.78, 5) is 0. The number of phosphoric ester groups is 2. The van der Waals surface area contributed by atoms with Crippen molar-refractivity contribution in [3.8, 4) is 45.6 Å². The Bertz CT molecular complexity index is 2220. The van der Waals surface area contributed by atoms with Gasteiger partial charge < -0.3 is 27.1 Å². The van der Waals surface area contributed by atoms with Gasteiger partial charge in [0.1, 0.15) is 34.5 Å². The van der Waals surface area contributed by atoms with Gasteiger partial charge >= 0.3 is 15.6 Å². The highest BCUT2D eigenvalue weighted by Gasteiger charge is 2.35. The van der Waals surface area contributed by atoms with Crippen molar-refractivity contribution in [2.45, 2.75) is 20.8 Å². The quantitative estimate of drug-likeness (QED) is 0.107. The van der Waals surface area contributed by atoms with Gasteiger partial charge in [-0.3, -0.25) is 0 Å². The van der Waals surface area contributed by atoms with Crippen molar-refractivity contribution in [2.75, 3.05) is 0 Å². The van der Waals surface area contributed by atoms with E-state index in [4.69, 9.17) is 27.1 Å². The first-order chi connectivity index (χ1) is 26.7. The monoisotopic (exact) mass is 770 g/mol. The zero-order valence-corrected chi connectivity index (χ0v) is 32.3. The van der Waals surface area contributed by atoms with Gasteiger partial charge in [-0.15, -0.1) is 0 Å². The molecule has 0 unspecified atom stereocenters. The fraction of sp³-hybridized carbons (Fsp3) is 0.0667. The lowest BCUT2D eigenvalue weighted by Gasteiger charge is -2.21. The van der Waals surface area contributed by atoms with Gasteiger partial charge in [0.05, 0.1) is 0 Å². The first kappa shape index (κ1) is 38.5. The lowest BCUT2D eigenvalue weighted by molar-refractivity contribution is 0.295. The molecule has 7 rings (SSSR count). The fourth-order valence-electron chi connectivity index (χ4n) is 5.19. The molecule has 0 atom stereocenters. The van der Waals surface area contributed by atoms with Crippen LogP contribution in [0.5, 0.6) is 34.5 Å². The highest BCUT2D eigenvalue weighted by atomic mass is 31.2. The molecule has 0 amide bonds. The Labute approximate surface area is 322 Å². The summed E-state index contributed by atoms with van der Waals surface area (Å²) in [5.74, 6) is 2.57. The smallest absolute Gasteiger partial charge is 0.386 e. The van der Waals surface area contributed by atoms with Crippen molar-refractivity contribution in [1.82, 2.24) is 0 Å². The zero-order valence-electron chi connectivity index (χ0n) is 30.6. The van der Waals surface area contributed by atoms with Crippen molar-refractivity contribution >= 4 is 15.6 Å². The van der Waals surface area contributed by atoms with E-state index >= 15 is 0 Å². The van der Waals surface area contributed by atoms with Gasteiger partial charge in [0.15, 0.2) is 0 Å². The standard InChI is InChI=1S/C24H19O4P.C21H21O4P/c25-29(26-21-14-6-2-7-15-21,27-22-16-8-3-9-17-22)28-24-19-11-10-18-23(24)20-12-4-1-5-13-20;1-16-10-4-7-13-19(16)23-26(22,24-20-14-8-5-11-17(20)2)25-21-15-9-6-12-18(21)3/h1-19H;4-15H,1-3H3. The second kappa shape index (κ2) is 18.2. The topological polar surface area (TPSA) is 89.5 Å². The van der Waals surface area contributed by atoms with Crippen LogP contribution in [0.1, 0.15) is 16.7 Å². The van der Waals surface area contributed by atoms with Gasteiger partial charge in [-0.25, -0.2) is 0 Å². The summed E-state index contributed by atoms with van der Waals surface area (Å²) in [7, 11) is -8.00. The lowest BCUT2D eigenvalue weighted by Crippen LogP contribution is -2.09. The van der Waals surface area contributed by atoms with E-state index in [1.54, 1.807) is 72.8 Å². The highest BCUT2D eigenvalue weighted by molar-refractivity contribution is 7.50. The fourth-order valence-corrected chi connectivity index (χ4v) is 7.91. The summed E-state index contributed by atoms with van der Waals surface area (Å²) < 4.78 is 61.8. The van der Waals surface area contributed by atoms with Crippen LogP contribution < -0.4 is 27.1 Å². The van der Waals surface area contributed by atoms with Gasteiger partial charge in [-0.05, 0) is 91.6 Å². The van der Waals surface area contributed by atoms with Crippen LogP contribution >= 0.6 is 15.6 Å². The van der Waals surface area contributed by atoms with Crippen molar-refractivity contribution in [2.24, 2.45) is 0 Å². The Morgan fingerprint density at radius 2 is 0.600 bits per heavy atom. The van der Waals surface area contributed by atoms with E-state index in [0.717, 1.165) is 27.8 Å². The number of benzene rings is 7. The molecule has 278 valence electrons. The Morgan fingerprint density at radius 3 is 1.00 bits per heavy atom. The number of hydrogen-bond donors (Lipinski definition) is 0. The normalized spacial score (nSPS) is 11.0. The van der Waals surface area contributed by atoms with Crippen molar-refractivity contribution < 1.29 is 36.3 Å². The van der Waals surface area contributed by atoms with E-state index in [9.17, 15) is 9.13 Å². The van der Waals surface area contributed by atoms with Gasteiger partial charge in [0, 0.05) is 5.56 Å². The average Bonchev–Trinajstić information content (AvgIpc) is 3.19. The maximum absolute atomic E-state index is 13.6. The summed E-state index contributed by atoms with van der Waals surface area (Å²) in [6.07, 6.45) is 0. The minimum Gasteiger partial charge on any atom is -0.386 e. The summed E-state index contributed by atoms with van der Waals surface area (Å²) in [6.45, 7) is 5.63. The third-order valence-corrected chi connectivity index (χ3v) is 10.6. The number of rotatable bonds is 13. The van der Waals surface area contributed by atoms with Gasteiger partial charge in [-0.2, -0.15) is 9.13 Å². The van der Waals surface area contributed by atoms with E-state index in [2.05, 4.69) is 0 Å². The molecule has 0 N–H and O–H groups in total. The average molecular weight is 771 g/mol. The van der Waals surface area contributed by atoms with Crippen molar-refractivity contribution in [3.63, 3.8) is 0 Å². The second-order valence-corrected chi connectivity index (χ2v) is 15.1. The van der Waals surface area contributed by atoms with Gasteiger partial charge in [0.25, 0.3) is 0 Å². The summed E-state index contributed by atoms with van der Waals surface area (Å²) in [5, 5.41) is 0. The first-order valence-electron chi connectivity index (χ1n) is 17.5. The highest BCUT2D eigenvalue weighted by Crippen LogP contribution is 2.52. The largest absolute Gasteiger partial charge is 0.647 e. The van der Waals surface area contributed by atoms with Crippen LogP contribution in [0.4, 0.5) is 0 Å². The van der Waals surface area contributed by atoms with E-state index in [-0.39, 0.29) is 0 Å². The molecule has 0 aliphatic carbocycles. The predicted molar refractivity (Wildman–Crippen MR) is 217 cm³/mol. The molecule has 10 heteroatoms. The zero-order chi connectivity index (χ0) is 38.5. The molecule has 0 saturated carbocycles. The second-order valence-electron chi connectivity index (χ2n) is 12.2.